The van der Waals surface area contributed by atoms with E-state index in [4.69, 9.17) is 4.42 Å². The lowest BCUT2D eigenvalue weighted by Crippen LogP contribution is -2.08. The Labute approximate surface area is 224 Å². The van der Waals surface area contributed by atoms with E-state index in [0.29, 0.717) is 28.6 Å². The number of hydrogen-bond acceptors (Lipinski definition) is 6. The maximum atomic E-state index is 12.7. The lowest BCUT2D eigenvalue weighted by Gasteiger charge is -2.05. The number of carbonyl (C=O) groups is 1. The number of furan rings is 1. The molecule has 1 N–H and O–H groups in total. The molecule has 9 nitrogen and oxygen atoms in total. The van der Waals surface area contributed by atoms with E-state index in [1.165, 1.54) is 23.8 Å². The number of aromatic nitrogens is 3. The van der Waals surface area contributed by atoms with Gasteiger partial charge in [-0.15, -0.1) is 10.2 Å². The van der Waals surface area contributed by atoms with E-state index in [1.807, 2.05) is 31.2 Å². The van der Waals surface area contributed by atoms with Gasteiger partial charge in [0.2, 0.25) is 5.91 Å². The van der Waals surface area contributed by atoms with Crippen molar-refractivity contribution in [3.05, 3.63) is 105 Å². The maximum absolute atomic E-state index is 12.7. The highest BCUT2D eigenvalue weighted by Gasteiger charge is 2.13. The highest BCUT2D eigenvalue weighted by atomic mass is 16.6. The van der Waals surface area contributed by atoms with Crippen molar-refractivity contribution in [2.45, 2.75) is 33.6 Å². The van der Waals surface area contributed by atoms with Crippen molar-refractivity contribution < 1.29 is 14.1 Å². The zero-order valence-corrected chi connectivity index (χ0v) is 22.0. The number of nitro benzene ring substituents is 1. The highest BCUT2D eigenvalue weighted by molar-refractivity contribution is 6.03. The van der Waals surface area contributed by atoms with E-state index in [9.17, 15) is 14.9 Å². The zero-order valence-electron chi connectivity index (χ0n) is 22.0. The number of nitrogens with zero attached hydrogens (tertiary/aromatic N) is 4. The highest BCUT2D eigenvalue weighted by Crippen LogP contribution is 2.29. The maximum Gasteiger partial charge on any atom is 0.269 e. The molecule has 0 unspecified atom stereocenters. The summed E-state index contributed by atoms with van der Waals surface area (Å²) in [6.45, 7) is 7.99. The van der Waals surface area contributed by atoms with E-state index in [2.05, 4.69) is 41.5 Å². The summed E-state index contributed by atoms with van der Waals surface area (Å²) in [6.07, 6.45) is 2.96. The molecule has 0 aliphatic heterocycles. The Morgan fingerprint density at radius 2 is 1.69 bits per heavy atom. The fourth-order valence-corrected chi connectivity index (χ4v) is 4.27. The number of rotatable bonds is 7. The van der Waals surface area contributed by atoms with E-state index in [1.54, 1.807) is 36.0 Å². The molecule has 5 aromatic rings. The molecule has 3 aromatic carbocycles. The van der Waals surface area contributed by atoms with Gasteiger partial charge in [0.15, 0.2) is 0 Å². The fraction of sp³-hybridized carbons (Fsp3) is 0.167. The van der Waals surface area contributed by atoms with Gasteiger partial charge in [-0.25, -0.2) is 0 Å². The molecule has 1 amide bonds. The van der Waals surface area contributed by atoms with Crippen LogP contribution in [-0.2, 0) is 4.79 Å². The quantitative estimate of drug-likeness (QED) is 0.140. The summed E-state index contributed by atoms with van der Waals surface area (Å²) in [4.78, 5) is 24.8. The standard InChI is InChI=1S/C30H27N5O4/c1-18(2)21-5-7-22(8-6-21)34-32-27-16-20(4)26(17-28(27)33-34)31-30(36)14-11-24-10-13-29(39-24)25-12-9-23(35(37)38)15-19(25)3/h5-18H,1-4H3,(H,31,36)/b14-11+. The van der Waals surface area contributed by atoms with Crippen LogP contribution in [0.15, 0.2) is 77.2 Å². The Bertz CT molecular complexity index is 1730. The van der Waals surface area contributed by atoms with Crippen molar-refractivity contribution >= 4 is 34.4 Å². The zero-order chi connectivity index (χ0) is 27.7. The number of anilines is 1. The third-order valence-electron chi connectivity index (χ3n) is 6.49. The van der Waals surface area contributed by atoms with Crippen LogP contribution < -0.4 is 5.32 Å². The number of amides is 1. The van der Waals surface area contributed by atoms with E-state index in [0.717, 1.165) is 27.9 Å². The Hall–Kier alpha value is -5.05. The van der Waals surface area contributed by atoms with E-state index >= 15 is 0 Å². The summed E-state index contributed by atoms with van der Waals surface area (Å²) in [7, 11) is 0. The van der Waals surface area contributed by atoms with Gasteiger partial charge in [-0.3, -0.25) is 14.9 Å². The summed E-state index contributed by atoms with van der Waals surface area (Å²) < 4.78 is 5.84. The molecule has 196 valence electrons. The molecule has 2 heterocycles. The second-order valence-corrected chi connectivity index (χ2v) is 9.67. The summed E-state index contributed by atoms with van der Waals surface area (Å²) in [5, 5.41) is 23.1. The smallest absolute Gasteiger partial charge is 0.269 e. The van der Waals surface area contributed by atoms with Crippen LogP contribution in [0, 0.1) is 24.0 Å². The van der Waals surface area contributed by atoms with Crippen LogP contribution in [-0.4, -0.2) is 25.8 Å². The molecule has 0 saturated heterocycles. The Morgan fingerprint density at radius 1 is 0.974 bits per heavy atom. The third-order valence-corrected chi connectivity index (χ3v) is 6.49. The average Bonchev–Trinajstić information content (AvgIpc) is 3.54. The van der Waals surface area contributed by atoms with Crippen LogP contribution in [0.4, 0.5) is 11.4 Å². The van der Waals surface area contributed by atoms with Crippen LogP contribution in [0.1, 0.15) is 42.2 Å². The molecule has 0 spiro atoms. The number of nitrogens with one attached hydrogen (secondary N) is 1. The molecular weight excluding hydrogens is 494 g/mol. The number of hydrogen-bond donors (Lipinski definition) is 1. The minimum atomic E-state index is -0.432. The van der Waals surface area contributed by atoms with Crippen molar-refractivity contribution in [1.29, 1.82) is 0 Å². The van der Waals surface area contributed by atoms with Gasteiger partial charge in [-0.1, -0.05) is 26.0 Å². The van der Waals surface area contributed by atoms with Gasteiger partial charge in [0.1, 0.15) is 22.6 Å². The largest absolute Gasteiger partial charge is 0.457 e. The first-order chi connectivity index (χ1) is 18.7. The van der Waals surface area contributed by atoms with Crippen molar-refractivity contribution in [3.63, 3.8) is 0 Å². The average molecular weight is 522 g/mol. The van der Waals surface area contributed by atoms with Crippen LogP contribution in [0.2, 0.25) is 0 Å². The van der Waals surface area contributed by atoms with Crippen molar-refractivity contribution in [1.82, 2.24) is 15.0 Å². The van der Waals surface area contributed by atoms with E-state index < -0.39 is 4.92 Å². The van der Waals surface area contributed by atoms with Gasteiger partial charge in [0.05, 0.1) is 10.6 Å². The van der Waals surface area contributed by atoms with E-state index in [-0.39, 0.29) is 11.6 Å². The summed E-state index contributed by atoms with van der Waals surface area (Å²) in [5.74, 6) is 1.17. The molecule has 0 bridgehead atoms. The topological polar surface area (TPSA) is 116 Å². The van der Waals surface area contributed by atoms with Crippen molar-refractivity contribution in [3.8, 4) is 17.0 Å². The Kier molecular flexibility index (Phi) is 6.81. The molecule has 2 aromatic heterocycles. The number of nitro groups is 1. The minimum Gasteiger partial charge on any atom is -0.457 e. The van der Waals surface area contributed by atoms with Crippen LogP contribution in [0.3, 0.4) is 0 Å². The van der Waals surface area contributed by atoms with Gasteiger partial charge in [-0.2, -0.15) is 4.80 Å². The number of fused-ring (bicyclic) bond motifs is 1. The first kappa shape index (κ1) is 25.6. The van der Waals surface area contributed by atoms with Gasteiger partial charge >= 0.3 is 0 Å². The molecule has 0 aliphatic carbocycles. The predicted molar refractivity (Wildman–Crippen MR) is 151 cm³/mol. The third kappa shape index (κ3) is 5.47. The fourth-order valence-electron chi connectivity index (χ4n) is 4.27. The van der Waals surface area contributed by atoms with Crippen molar-refractivity contribution in [2.75, 3.05) is 5.32 Å². The molecule has 0 radical (unpaired) electrons. The molecule has 5 rings (SSSR count). The Balaban J connectivity index is 1.30. The van der Waals surface area contributed by atoms with Crippen LogP contribution >= 0.6 is 0 Å². The molecular formula is C30H27N5O4. The van der Waals surface area contributed by atoms with Gasteiger partial charge in [0.25, 0.3) is 5.69 Å². The molecule has 39 heavy (non-hydrogen) atoms. The minimum absolute atomic E-state index is 0.0240. The first-order valence-electron chi connectivity index (χ1n) is 12.5. The monoisotopic (exact) mass is 521 g/mol. The summed E-state index contributed by atoms with van der Waals surface area (Å²) in [5.41, 5.74) is 6.51. The van der Waals surface area contributed by atoms with Crippen LogP contribution in [0.5, 0.6) is 0 Å². The first-order valence-corrected chi connectivity index (χ1v) is 12.5. The van der Waals surface area contributed by atoms with Gasteiger partial charge in [0, 0.05) is 29.5 Å². The molecule has 0 atom stereocenters. The molecule has 0 saturated carbocycles. The number of carbonyl (C=O) groups excluding carboxylic acids is 1. The molecule has 0 aliphatic rings. The lowest BCUT2D eigenvalue weighted by atomic mass is 10.0. The predicted octanol–water partition coefficient (Wildman–Crippen LogP) is 6.98. The van der Waals surface area contributed by atoms with Crippen LogP contribution in [0.25, 0.3) is 34.1 Å². The van der Waals surface area contributed by atoms with Crippen molar-refractivity contribution in [2.24, 2.45) is 0 Å². The van der Waals surface area contributed by atoms with Gasteiger partial charge in [-0.05, 0) is 85.0 Å². The molecule has 0 fully saturated rings. The number of aryl methyl sites for hydroxylation is 2. The number of non-ortho nitro benzene ring substituents is 1. The summed E-state index contributed by atoms with van der Waals surface area (Å²) >= 11 is 0. The lowest BCUT2D eigenvalue weighted by molar-refractivity contribution is -0.384. The molecule has 9 heteroatoms. The SMILES string of the molecule is Cc1cc2nn(-c3ccc(C(C)C)cc3)nc2cc1NC(=O)/C=C/c1ccc(-c2ccc([N+](=O)[O-])cc2C)o1. The second-order valence-electron chi connectivity index (χ2n) is 9.67. The number of benzene rings is 3. The van der Waals surface area contributed by atoms with Gasteiger partial charge < -0.3 is 9.73 Å². The Morgan fingerprint density at radius 3 is 2.36 bits per heavy atom. The second kappa shape index (κ2) is 10.4. The normalized spacial score (nSPS) is 11.5. The summed E-state index contributed by atoms with van der Waals surface area (Å²) in [6, 6.07) is 20.0.